The minimum atomic E-state index is 0. The molecule has 3 heterocycles. The third kappa shape index (κ3) is 7.32. The van der Waals surface area contributed by atoms with Crippen LogP contribution in [-0.4, -0.2) is 54.0 Å². The van der Waals surface area contributed by atoms with E-state index in [0.29, 0.717) is 25.6 Å². The number of rotatable bonds is 7. The van der Waals surface area contributed by atoms with Gasteiger partial charge in [0.15, 0.2) is 5.96 Å². The number of anilines is 1. The Hall–Kier alpha value is -2.36. The number of hydrogen-bond donors (Lipinski definition) is 2. The van der Waals surface area contributed by atoms with Crippen molar-refractivity contribution < 1.29 is 4.79 Å². The number of aliphatic imine (C=N–C) groups is 1. The van der Waals surface area contributed by atoms with Crippen molar-refractivity contribution in [2.75, 3.05) is 31.1 Å². The van der Waals surface area contributed by atoms with Crippen molar-refractivity contribution in [2.24, 2.45) is 4.99 Å². The van der Waals surface area contributed by atoms with Crippen LogP contribution < -0.4 is 15.5 Å². The SMILES string of the molecule is CCNC(=NCc1cccc(CN2CCCC2=O)c1)NC1CCN(c2ccc(C)cn2)CC1.I. The second-order valence-corrected chi connectivity index (χ2v) is 9.03. The predicted molar refractivity (Wildman–Crippen MR) is 149 cm³/mol. The van der Waals surface area contributed by atoms with Gasteiger partial charge in [0.2, 0.25) is 5.91 Å². The van der Waals surface area contributed by atoms with E-state index in [1.54, 1.807) is 0 Å². The molecule has 2 N–H and O–H groups in total. The van der Waals surface area contributed by atoms with Crippen LogP contribution >= 0.6 is 24.0 Å². The number of benzene rings is 1. The van der Waals surface area contributed by atoms with E-state index < -0.39 is 0 Å². The van der Waals surface area contributed by atoms with Gasteiger partial charge in [0, 0.05) is 51.4 Å². The minimum Gasteiger partial charge on any atom is -0.357 e. The highest BCUT2D eigenvalue weighted by molar-refractivity contribution is 14.0. The maximum absolute atomic E-state index is 11.9. The van der Waals surface area contributed by atoms with Gasteiger partial charge in [-0.2, -0.15) is 0 Å². The van der Waals surface area contributed by atoms with Gasteiger partial charge in [-0.1, -0.05) is 30.3 Å². The Labute approximate surface area is 220 Å². The van der Waals surface area contributed by atoms with Gasteiger partial charge in [-0.15, -0.1) is 24.0 Å². The molecule has 4 rings (SSSR count). The van der Waals surface area contributed by atoms with Crippen LogP contribution in [-0.2, 0) is 17.9 Å². The number of nitrogens with one attached hydrogen (secondary N) is 2. The maximum Gasteiger partial charge on any atom is 0.222 e. The summed E-state index contributed by atoms with van der Waals surface area (Å²) in [4.78, 5) is 25.7. The van der Waals surface area contributed by atoms with Crippen LogP contribution in [0, 0.1) is 6.92 Å². The van der Waals surface area contributed by atoms with E-state index in [1.165, 1.54) is 11.1 Å². The van der Waals surface area contributed by atoms with Gasteiger partial charge in [0.1, 0.15) is 5.82 Å². The van der Waals surface area contributed by atoms with Crippen molar-refractivity contribution in [3.05, 3.63) is 59.3 Å². The van der Waals surface area contributed by atoms with Crippen LogP contribution in [0.4, 0.5) is 5.82 Å². The second kappa shape index (κ2) is 12.9. The number of likely N-dealkylation sites (tertiary alicyclic amines) is 1. The van der Waals surface area contributed by atoms with Crippen LogP contribution in [0.1, 0.15) is 49.3 Å². The molecule has 2 aromatic rings. The first-order valence-electron chi connectivity index (χ1n) is 12.2. The molecule has 0 atom stereocenters. The summed E-state index contributed by atoms with van der Waals surface area (Å²) in [5, 5.41) is 7.01. The number of aromatic nitrogens is 1. The first-order valence-corrected chi connectivity index (χ1v) is 12.2. The molecule has 1 aromatic carbocycles. The molecular weight excluding hydrogens is 539 g/mol. The molecule has 2 fully saturated rings. The Morgan fingerprint density at radius 3 is 2.62 bits per heavy atom. The number of guanidine groups is 1. The van der Waals surface area contributed by atoms with Crippen LogP contribution in [0.5, 0.6) is 0 Å². The summed E-state index contributed by atoms with van der Waals surface area (Å²) >= 11 is 0. The lowest BCUT2D eigenvalue weighted by molar-refractivity contribution is -0.128. The Kier molecular flexibility index (Phi) is 9.98. The third-order valence-electron chi connectivity index (χ3n) is 6.36. The van der Waals surface area contributed by atoms with Gasteiger partial charge in [0.25, 0.3) is 0 Å². The number of amides is 1. The topological polar surface area (TPSA) is 72.9 Å². The van der Waals surface area contributed by atoms with Gasteiger partial charge in [-0.3, -0.25) is 4.79 Å². The molecule has 0 spiro atoms. The monoisotopic (exact) mass is 576 g/mol. The molecule has 2 aliphatic rings. The Bertz CT molecular complexity index is 956. The lowest BCUT2D eigenvalue weighted by Gasteiger charge is -2.33. The van der Waals surface area contributed by atoms with E-state index in [1.807, 2.05) is 11.1 Å². The summed E-state index contributed by atoms with van der Waals surface area (Å²) < 4.78 is 0. The molecular formula is C26H37IN6O. The van der Waals surface area contributed by atoms with Gasteiger partial charge in [0.05, 0.1) is 6.54 Å². The van der Waals surface area contributed by atoms with Crippen LogP contribution in [0.25, 0.3) is 0 Å². The molecule has 0 aliphatic carbocycles. The molecule has 2 aliphatic heterocycles. The van der Waals surface area contributed by atoms with E-state index in [0.717, 1.165) is 62.8 Å². The zero-order chi connectivity index (χ0) is 23.0. The number of carbonyl (C=O) groups is 1. The van der Waals surface area contributed by atoms with Crippen molar-refractivity contribution in [2.45, 2.75) is 58.7 Å². The van der Waals surface area contributed by atoms with Crippen molar-refractivity contribution >= 4 is 41.7 Å². The summed E-state index contributed by atoms with van der Waals surface area (Å²) in [6, 6.07) is 13.1. The lowest BCUT2D eigenvalue weighted by Crippen LogP contribution is -2.48. The summed E-state index contributed by atoms with van der Waals surface area (Å²) in [7, 11) is 0. The predicted octanol–water partition coefficient (Wildman–Crippen LogP) is 3.85. The molecule has 34 heavy (non-hydrogen) atoms. The highest BCUT2D eigenvalue weighted by Gasteiger charge is 2.21. The standard InChI is InChI=1S/C26H36N6O.HI/c1-3-27-26(30-23-11-14-31(15-12-23)24-10-9-20(2)17-28-24)29-18-21-6-4-7-22(16-21)19-32-13-5-8-25(32)33;/h4,6-7,9-10,16-17,23H,3,5,8,11-15,18-19H2,1-2H3,(H2,27,29,30);1H. The number of piperidine rings is 1. The molecule has 7 nitrogen and oxygen atoms in total. The van der Waals surface area contributed by atoms with E-state index in [9.17, 15) is 4.79 Å². The first kappa shape index (κ1) is 26.2. The zero-order valence-corrected chi connectivity index (χ0v) is 22.6. The summed E-state index contributed by atoms with van der Waals surface area (Å²) in [5.41, 5.74) is 3.53. The number of halogens is 1. The Morgan fingerprint density at radius 1 is 1.15 bits per heavy atom. The Morgan fingerprint density at radius 2 is 1.94 bits per heavy atom. The fourth-order valence-electron chi connectivity index (χ4n) is 4.50. The van der Waals surface area contributed by atoms with Crippen LogP contribution in [0.15, 0.2) is 47.6 Å². The number of pyridine rings is 1. The fourth-order valence-corrected chi connectivity index (χ4v) is 4.50. The van der Waals surface area contributed by atoms with Gasteiger partial charge < -0.3 is 20.4 Å². The average Bonchev–Trinajstić information content (AvgIpc) is 3.23. The lowest BCUT2D eigenvalue weighted by atomic mass is 10.1. The summed E-state index contributed by atoms with van der Waals surface area (Å²) in [6.45, 7) is 9.15. The highest BCUT2D eigenvalue weighted by Crippen LogP contribution is 2.18. The molecule has 0 radical (unpaired) electrons. The van der Waals surface area contributed by atoms with Crippen LogP contribution in [0.3, 0.4) is 0 Å². The second-order valence-electron chi connectivity index (χ2n) is 9.03. The minimum absolute atomic E-state index is 0. The third-order valence-corrected chi connectivity index (χ3v) is 6.36. The average molecular weight is 577 g/mol. The van der Waals surface area contributed by atoms with E-state index >= 15 is 0 Å². The number of hydrogen-bond acceptors (Lipinski definition) is 4. The largest absolute Gasteiger partial charge is 0.357 e. The fraction of sp³-hybridized carbons (Fsp3) is 0.500. The summed E-state index contributed by atoms with van der Waals surface area (Å²) in [6.07, 6.45) is 5.70. The molecule has 0 bridgehead atoms. The molecule has 184 valence electrons. The maximum atomic E-state index is 11.9. The molecule has 0 saturated carbocycles. The van der Waals surface area contributed by atoms with E-state index in [4.69, 9.17) is 4.99 Å². The van der Waals surface area contributed by atoms with Gasteiger partial charge in [-0.25, -0.2) is 9.98 Å². The van der Waals surface area contributed by atoms with Crippen LogP contribution in [0.2, 0.25) is 0 Å². The van der Waals surface area contributed by atoms with E-state index in [-0.39, 0.29) is 29.9 Å². The quantitative estimate of drug-likeness (QED) is 0.298. The van der Waals surface area contributed by atoms with Crippen molar-refractivity contribution in [1.29, 1.82) is 0 Å². The van der Waals surface area contributed by atoms with Crippen molar-refractivity contribution in [3.63, 3.8) is 0 Å². The van der Waals surface area contributed by atoms with Gasteiger partial charge in [-0.05, 0) is 55.9 Å². The zero-order valence-electron chi connectivity index (χ0n) is 20.3. The first-order chi connectivity index (χ1) is 16.1. The summed E-state index contributed by atoms with van der Waals surface area (Å²) in [5.74, 6) is 2.20. The number of nitrogens with zero attached hydrogens (tertiary/aromatic N) is 4. The molecule has 8 heteroatoms. The van der Waals surface area contributed by atoms with Gasteiger partial charge >= 0.3 is 0 Å². The normalized spacial score (nSPS) is 17.0. The number of aryl methyl sites for hydroxylation is 1. The number of carbonyl (C=O) groups excluding carboxylic acids is 1. The highest BCUT2D eigenvalue weighted by atomic mass is 127. The van der Waals surface area contributed by atoms with Crippen molar-refractivity contribution in [1.82, 2.24) is 20.5 Å². The Balaban J connectivity index is 0.00000324. The smallest absolute Gasteiger partial charge is 0.222 e. The molecule has 2 saturated heterocycles. The molecule has 0 unspecified atom stereocenters. The van der Waals surface area contributed by atoms with E-state index in [2.05, 4.69) is 70.8 Å². The molecule has 1 aromatic heterocycles. The van der Waals surface area contributed by atoms with Crippen molar-refractivity contribution in [3.8, 4) is 0 Å². The molecule has 1 amide bonds.